The number of likely N-dealkylation sites (tertiary alicyclic amines) is 1. The van der Waals surface area contributed by atoms with Crippen molar-refractivity contribution >= 4 is 17.2 Å². The fourth-order valence-corrected chi connectivity index (χ4v) is 5.69. The molecule has 1 aliphatic heterocycles. The molecule has 1 atom stereocenters. The van der Waals surface area contributed by atoms with Gasteiger partial charge in [0.15, 0.2) is 0 Å². The Labute approximate surface area is 207 Å². The number of amides is 1. The summed E-state index contributed by atoms with van der Waals surface area (Å²) in [5.74, 6) is 0.712. The second-order valence-electron chi connectivity index (χ2n) is 9.09. The van der Waals surface area contributed by atoms with E-state index in [9.17, 15) is 4.79 Å². The van der Waals surface area contributed by atoms with Crippen molar-refractivity contribution in [2.45, 2.75) is 30.9 Å². The van der Waals surface area contributed by atoms with Crippen LogP contribution in [0.1, 0.15) is 46.2 Å². The molecule has 1 fully saturated rings. The maximum atomic E-state index is 13.6. The molecule has 0 spiro atoms. The van der Waals surface area contributed by atoms with Gasteiger partial charge in [-0.25, -0.2) is 0 Å². The molecule has 2 heterocycles. The molecule has 1 unspecified atom stereocenters. The van der Waals surface area contributed by atoms with Gasteiger partial charge in [0, 0.05) is 29.9 Å². The van der Waals surface area contributed by atoms with Crippen LogP contribution >= 0.6 is 11.3 Å². The highest BCUT2D eigenvalue weighted by Crippen LogP contribution is 2.38. The molecule has 1 aliphatic rings. The fraction of sp³-hybridized carbons (Fsp3) is 0.393. The summed E-state index contributed by atoms with van der Waals surface area (Å²) in [5.41, 5.74) is 1.91. The van der Waals surface area contributed by atoms with Gasteiger partial charge in [0.25, 0.3) is 5.91 Å². The van der Waals surface area contributed by atoms with Crippen molar-refractivity contribution in [3.8, 4) is 5.75 Å². The minimum absolute atomic E-state index is 0.0501. The number of hydrogen-bond acceptors (Lipinski definition) is 5. The normalized spacial score (nSPS) is 16.4. The van der Waals surface area contributed by atoms with Crippen LogP contribution in [0.25, 0.3) is 0 Å². The quantitative estimate of drug-likeness (QED) is 0.462. The number of hydrogen-bond donors (Lipinski definition) is 1. The summed E-state index contributed by atoms with van der Waals surface area (Å²) in [6, 6.07) is 22.5. The number of nitrogens with one attached hydrogen (secondary N) is 1. The molecule has 3 aromatic rings. The van der Waals surface area contributed by atoms with E-state index in [1.165, 1.54) is 10.4 Å². The van der Waals surface area contributed by atoms with E-state index in [1.807, 2.05) is 42.3 Å². The summed E-state index contributed by atoms with van der Waals surface area (Å²) in [5, 5.41) is 5.28. The zero-order valence-electron chi connectivity index (χ0n) is 20.4. The second-order valence-corrected chi connectivity index (χ2v) is 10.1. The number of rotatable bonds is 9. The summed E-state index contributed by atoms with van der Waals surface area (Å²) < 4.78 is 6.47. The third kappa shape index (κ3) is 5.19. The first-order valence-electron chi connectivity index (χ1n) is 12.0. The van der Waals surface area contributed by atoms with Crippen LogP contribution in [0, 0.1) is 0 Å². The van der Waals surface area contributed by atoms with Gasteiger partial charge < -0.3 is 15.0 Å². The second kappa shape index (κ2) is 11.2. The SMILES string of the molecule is CNCCC(Oc1ccccc1C(=O)N1CCC(c2ccccc2)(N(C)C)CC1)c1cccs1. The molecule has 1 saturated heterocycles. The van der Waals surface area contributed by atoms with Gasteiger partial charge in [0.05, 0.1) is 5.56 Å². The number of benzene rings is 2. The zero-order chi connectivity index (χ0) is 24.0. The van der Waals surface area contributed by atoms with Crippen molar-refractivity contribution in [1.82, 2.24) is 15.1 Å². The molecular weight excluding hydrogens is 442 g/mol. The predicted octanol–water partition coefficient (Wildman–Crippen LogP) is 5.17. The molecule has 0 bridgehead atoms. The zero-order valence-corrected chi connectivity index (χ0v) is 21.2. The number of carbonyl (C=O) groups excluding carboxylic acids is 1. The first kappa shape index (κ1) is 24.5. The monoisotopic (exact) mass is 477 g/mol. The Balaban J connectivity index is 1.51. The van der Waals surface area contributed by atoms with E-state index in [1.54, 1.807) is 11.3 Å². The number of para-hydroxylation sites is 1. The summed E-state index contributed by atoms with van der Waals surface area (Å²) in [6.45, 7) is 2.28. The van der Waals surface area contributed by atoms with Crippen molar-refractivity contribution in [1.29, 1.82) is 0 Å². The van der Waals surface area contributed by atoms with E-state index >= 15 is 0 Å². The van der Waals surface area contributed by atoms with E-state index in [-0.39, 0.29) is 17.6 Å². The van der Waals surface area contributed by atoms with Gasteiger partial charge in [-0.05, 0) is 69.7 Å². The highest BCUT2D eigenvalue weighted by Gasteiger charge is 2.39. The predicted molar refractivity (Wildman–Crippen MR) is 140 cm³/mol. The maximum Gasteiger partial charge on any atom is 0.257 e. The third-order valence-corrected chi connectivity index (χ3v) is 7.91. The lowest BCUT2D eigenvalue weighted by Gasteiger charge is -2.46. The highest BCUT2D eigenvalue weighted by molar-refractivity contribution is 7.10. The summed E-state index contributed by atoms with van der Waals surface area (Å²) >= 11 is 1.69. The van der Waals surface area contributed by atoms with Gasteiger partial charge in [-0.1, -0.05) is 48.5 Å². The molecule has 180 valence electrons. The fourth-order valence-electron chi connectivity index (χ4n) is 4.90. The van der Waals surface area contributed by atoms with Crippen molar-refractivity contribution in [2.24, 2.45) is 0 Å². The third-order valence-electron chi connectivity index (χ3n) is 6.95. The average Bonchev–Trinajstić information content (AvgIpc) is 3.42. The van der Waals surface area contributed by atoms with Crippen LogP contribution in [-0.4, -0.2) is 56.5 Å². The summed E-state index contributed by atoms with van der Waals surface area (Å²) in [6.07, 6.45) is 2.56. The van der Waals surface area contributed by atoms with E-state index < -0.39 is 0 Å². The van der Waals surface area contributed by atoms with Gasteiger partial charge in [-0.3, -0.25) is 9.69 Å². The number of thiophene rings is 1. The van der Waals surface area contributed by atoms with E-state index in [4.69, 9.17) is 4.74 Å². The molecule has 1 N–H and O–H groups in total. The van der Waals surface area contributed by atoms with Gasteiger partial charge in [-0.15, -0.1) is 11.3 Å². The highest BCUT2D eigenvalue weighted by atomic mass is 32.1. The van der Waals surface area contributed by atoms with Crippen LogP contribution in [0.3, 0.4) is 0 Å². The standard InChI is InChI=1S/C28H35N3O2S/c1-29-18-15-25(26-14-9-21-34-26)33-24-13-8-7-12-23(24)27(32)31-19-16-28(17-20-31,30(2)3)22-10-5-4-6-11-22/h4-14,21,25,29H,15-20H2,1-3H3. The van der Waals surface area contributed by atoms with Crippen LogP contribution in [0.5, 0.6) is 5.75 Å². The Morgan fingerprint density at radius 3 is 2.41 bits per heavy atom. The molecule has 6 heteroatoms. The van der Waals surface area contributed by atoms with Crippen molar-refractivity contribution in [3.63, 3.8) is 0 Å². The Bertz CT molecular complexity index is 1040. The summed E-state index contributed by atoms with van der Waals surface area (Å²) in [7, 11) is 6.23. The number of piperidine rings is 1. The lowest BCUT2D eigenvalue weighted by Crippen LogP contribution is -2.51. The lowest BCUT2D eigenvalue weighted by atomic mass is 9.79. The first-order valence-corrected chi connectivity index (χ1v) is 12.9. The molecular formula is C28H35N3O2S. The Morgan fingerprint density at radius 2 is 1.76 bits per heavy atom. The minimum atomic E-state index is -0.0813. The largest absolute Gasteiger partial charge is 0.484 e. The average molecular weight is 478 g/mol. The molecule has 5 nitrogen and oxygen atoms in total. The molecule has 0 radical (unpaired) electrons. The summed E-state index contributed by atoms with van der Waals surface area (Å²) in [4.78, 5) is 19.1. The molecule has 1 amide bonds. The van der Waals surface area contributed by atoms with E-state index in [0.717, 1.165) is 25.8 Å². The first-order chi connectivity index (χ1) is 16.5. The van der Waals surface area contributed by atoms with Crippen molar-refractivity contribution in [2.75, 3.05) is 40.8 Å². The molecule has 0 saturated carbocycles. The Morgan fingerprint density at radius 1 is 1.06 bits per heavy atom. The van der Waals surface area contributed by atoms with Crippen LogP contribution in [-0.2, 0) is 5.54 Å². The molecule has 4 rings (SSSR count). The van der Waals surface area contributed by atoms with E-state index in [0.29, 0.717) is 24.4 Å². The lowest BCUT2D eigenvalue weighted by molar-refractivity contribution is 0.0407. The Hall–Kier alpha value is -2.67. The van der Waals surface area contributed by atoms with Gasteiger partial charge in [0.2, 0.25) is 0 Å². The molecule has 34 heavy (non-hydrogen) atoms. The topological polar surface area (TPSA) is 44.8 Å². The van der Waals surface area contributed by atoms with Crippen LogP contribution < -0.4 is 10.1 Å². The van der Waals surface area contributed by atoms with Crippen molar-refractivity contribution in [3.05, 3.63) is 88.1 Å². The smallest absolute Gasteiger partial charge is 0.257 e. The maximum absolute atomic E-state index is 13.6. The minimum Gasteiger partial charge on any atom is -0.484 e. The molecule has 1 aromatic heterocycles. The van der Waals surface area contributed by atoms with Gasteiger partial charge in [0.1, 0.15) is 11.9 Å². The van der Waals surface area contributed by atoms with Crippen LogP contribution in [0.4, 0.5) is 0 Å². The number of carbonyl (C=O) groups is 1. The van der Waals surface area contributed by atoms with Crippen molar-refractivity contribution < 1.29 is 9.53 Å². The number of nitrogens with zero attached hydrogens (tertiary/aromatic N) is 2. The Kier molecular flexibility index (Phi) is 8.03. The molecule has 0 aliphatic carbocycles. The number of ether oxygens (including phenoxy) is 1. The van der Waals surface area contributed by atoms with E-state index in [2.05, 4.69) is 66.1 Å². The molecule has 2 aromatic carbocycles. The van der Waals surface area contributed by atoms with Crippen LogP contribution in [0.15, 0.2) is 72.1 Å². The van der Waals surface area contributed by atoms with Gasteiger partial charge >= 0.3 is 0 Å². The van der Waals surface area contributed by atoms with Gasteiger partial charge in [-0.2, -0.15) is 0 Å². The van der Waals surface area contributed by atoms with Crippen LogP contribution in [0.2, 0.25) is 0 Å².